The number of ether oxygens (including phenoxy) is 2. The van der Waals surface area contributed by atoms with Crippen LogP contribution in [0.3, 0.4) is 0 Å². The zero-order valence-corrected chi connectivity index (χ0v) is 31.3. The molecule has 0 bridgehead atoms. The predicted molar refractivity (Wildman–Crippen MR) is 211 cm³/mol. The van der Waals surface area contributed by atoms with Gasteiger partial charge >= 0.3 is 0 Å². The van der Waals surface area contributed by atoms with Gasteiger partial charge in [0.2, 0.25) is 0 Å². The van der Waals surface area contributed by atoms with Gasteiger partial charge in [-0.05, 0) is 61.5 Å². The molecule has 0 unspecified atom stereocenters. The first-order chi connectivity index (χ1) is 22.9. The lowest BCUT2D eigenvalue weighted by molar-refractivity contribution is 0.307. The van der Waals surface area contributed by atoms with Crippen LogP contribution in [-0.2, 0) is 0 Å². The van der Waals surface area contributed by atoms with E-state index in [9.17, 15) is 0 Å². The van der Waals surface area contributed by atoms with Crippen molar-refractivity contribution in [3.8, 4) is 11.5 Å². The number of hydrogen-bond acceptors (Lipinski definition) is 4. The second-order valence-corrected chi connectivity index (χ2v) is 15.5. The summed E-state index contributed by atoms with van der Waals surface area (Å²) in [5, 5.41) is 4.68. The molecular formula is C42H66O2S2. The van der Waals surface area contributed by atoms with Crippen molar-refractivity contribution in [3.05, 3.63) is 48.5 Å². The van der Waals surface area contributed by atoms with E-state index in [1.54, 1.807) is 0 Å². The minimum atomic E-state index is 0.774. The van der Waals surface area contributed by atoms with Gasteiger partial charge in [0.1, 0.15) is 11.5 Å². The van der Waals surface area contributed by atoms with E-state index in [0.717, 1.165) is 37.6 Å². The van der Waals surface area contributed by atoms with Gasteiger partial charge in [-0.15, -0.1) is 0 Å². The van der Waals surface area contributed by atoms with Crippen molar-refractivity contribution in [2.45, 2.75) is 142 Å². The van der Waals surface area contributed by atoms with E-state index in [1.807, 2.05) is 0 Å². The molecule has 0 atom stereocenters. The molecule has 0 aliphatic heterocycles. The fourth-order valence-corrected chi connectivity index (χ4v) is 8.24. The molecule has 3 aromatic rings. The van der Waals surface area contributed by atoms with Gasteiger partial charge in [0.05, 0.1) is 13.2 Å². The monoisotopic (exact) mass is 666 g/mol. The van der Waals surface area contributed by atoms with Crippen molar-refractivity contribution < 1.29 is 9.47 Å². The highest BCUT2D eigenvalue weighted by atomic mass is 32.2. The molecule has 2 nitrogen and oxygen atoms in total. The molecule has 0 aliphatic rings. The van der Waals surface area contributed by atoms with Crippen molar-refractivity contribution in [2.24, 2.45) is 0 Å². The largest absolute Gasteiger partial charge is 0.492 e. The fraction of sp³-hybridized carbons (Fsp3) is 0.667. The Morgan fingerprint density at radius 3 is 0.978 bits per heavy atom. The average molecular weight is 667 g/mol. The predicted octanol–water partition coefficient (Wildman–Crippen LogP) is 14.1. The van der Waals surface area contributed by atoms with E-state index < -0.39 is 0 Å². The van der Waals surface area contributed by atoms with Crippen LogP contribution >= 0.6 is 23.5 Å². The van der Waals surface area contributed by atoms with Crippen LogP contribution in [0.5, 0.6) is 11.5 Å². The summed E-state index contributed by atoms with van der Waals surface area (Å²) in [5.41, 5.74) is 0. The zero-order chi connectivity index (χ0) is 32.3. The van der Waals surface area contributed by atoms with Crippen molar-refractivity contribution in [1.82, 2.24) is 0 Å². The van der Waals surface area contributed by atoms with Crippen LogP contribution in [0, 0.1) is 0 Å². The Labute approximate surface area is 291 Å². The van der Waals surface area contributed by atoms with E-state index in [2.05, 4.69) is 85.9 Å². The Bertz CT molecular complexity index is 1020. The molecule has 0 aromatic heterocycles. The number of hydrogen-bond donors (Lipinski definition) is 0. The smallest absolute Gasteiger partial charge is 0.135 e. The Morgan fingerprint density at radius 1 is 0.370 bits per heavy atom. The van der Waals surface area contributed by atoms with Crippen molar-refractivity contribution in [1.29, 1.82) is 0 Å². The molecule has 0 heterocycles. The molecule has 3 aromatic carbocycles. The van der Waals surface area contributed by atoms with E-state index >= 15 is 0 Å². The van der Waals surface area contributed by atoms with Gasteiger partial charge in [0.15, 0.2) is 0 Å². The standard InChI is InChI=1S/C42H66O2S2/c1-3-5-7-9-13-23-33-45-35-25-15-11-21-31-43-41-37-27-17-19-29-39(37)42(40-30-20-18-28-38(40)41)44-32-22-12-16-26-36-46-34-24-14-10-8-6-4-2/h17-20,27-30H,3-16,21-26,31-36H2,1-2H3. The first kappa shape index (κ1) is 38.9. The first-order valence-corrected chi connectivity index (χ1v) is 21.5. The van der Waals surface area contributed by atoms with Crippen LogP contribution < -0.4 is 9.47 Å². The highest BCUT2D eigenvalue weighted by Crippen LogP contribution is 2.42. The summed E-state index contributed by atoms with van der Waals surface area (Å²) in [4.78, 5) is 0. The van der Waals surface area contributed by atoms with E-state index in [4.69, 9.17) is 9.47 Å². The third-order valence-corrected chi connectivity index (χ3v) is 11.3. The molecule has 3 rings (SSSR count). The number of unbranched alkanes of at least 4 members (excludes halogenated alkanes) is 16. The maximum absolute atomic E-state index is 6.55. The van der Waals surface area contributed by atoms with Gasteiger partial charge in [-0.1, -0.05) is 152 Å². The molecular weight excluding hydrogens is 601 g/mol. The van der Waals surface area contributed by atoms with Gasteiger partial charge in [-0.3, -0.25) is 0 Å². The maximum atomic E-state index is 6.55. The first-order valence-electron chi connectivity index (χ1n) is 19.2. The Kier molecular flexibility index (Phi) is 22.4. The summed E-state index contributed by atoms with van der Waals surface area (Å²) in [7, 11) is 0. The summed E-state index contributed by atoms with van der Waals surface area (Å²) in [6.45, 7) is 6.13. The van der Waals surface area contributed by atoms with Crippen LogP contribution in [0.1, 0.15) is 142 Å². The molecule has 0 saturated carbocycles. The van der Waals surface area contributed by atoms with Crippen molar-refractivity contribution >= 4 is 45.1 Å². The molecule has 0 fully saturated rings. The lowest BCUT2D eigenvalue weighted by atomic mass is 10.0. The highest BCUT2D eigenvalue weighted by Gasteiger charge is 2.15. The molecule has 0 saturated heterocycles. The number of rotatable bonds is 30. The minimum absolute atomic E-state index is 0.774. The van der Waals surface area contributed by atoms with Crippen molar-refractivity contribution in [3.63, 3.8) is 0 Å². The topological polar surface area (TPSA) is 18.5 Å². The van der Waals surface area contributed by atoms with Gasteiger partial charge in [0, 0.05) is 21.5 Å². The Balaban J connectivity index is 1.35. The van der Waals surface area contributed by atoms with Gasteiger partial charge < -0.3 is 9.47 Å². The number of benzene rings is 3. The summed E-state index contributed by atoms with van der Waals surface area (Å²) >= 11 is 4.31. The molecule has 46 heavy (non-hydrogen) atoms. The van der Waals surface area contributed by atoms with Gasteiger partial charge in [0.25, 0.3) is 0 Å². The number of fused-ring (bicyclic) bond motifs is 2. The lowest BCUT2D eigenvalue weighted by Gasteiger charge is -2.18. The van der Waals surface area contributed by atoms with Crippen LogP contribution in [0.2, 0.25) is 0 Å². The molecule has 0 N–H and O–H groups in total. The third kappa shape index (κ3) is 15.6. The lowest BCUT2D eigenvalue weighted by Crippen LogP contribution is -2.02. The molecule has 4 heteroatoms. The summed E-state index contributed by atoms with van der Waals surface area (Å²) in [5.74, 6) is 7.34. The molecule has 0 aliphatic carbocycles. The van der Waals surface area contributed by atoms with Crippen LogP contribution in [0.15, 0.2) is 48.5 Å². The molecule has 258 valence electrons. The zero-order valence-electron chi connectivity index (χ0n) is 29.6. The third-order valence-electron chi connectivity index (χ3n) is 8.98. The molecule has 0 spiro atoms. The normalized spacial score (nSPS) is 11.5. The maximum Gasteiger partial charge on any atom is 0.135 e. The molecule has 0 radical (unpaired) electrons. The number of thioether (sulfide) groups is 2. The second-order valence-electron chi connectivity index (χ2n) is 13.0. The van der Waals surface area contributed by atoms with Crippen LogP contribution in [-0.4, -0.2) is 36.2 Å². The summed E-state index contributed by atoms with van der Waals surface area (Å²) < 4.78 is 13.1. The quantitative estimate of drug-likeness (QED) is 0.0520. The van der Waals surface area contributed by atoms with E-state index in [0.29, 0.717) is 0 Å². The fourth-order valence-electron chi connectivity index (χ4n) is 6.20. The Morgan fingerprint density at radius 2 is 0.652 bits per heavy atom. The van der Waals surface area contributed by atoms with E-state index in [1.165, 1.54) is 160 Å². The van der Waals surface area contributed by atoms with E-state index in [-0.39, 0.29) is 0 Å². The second kappa shape index (κ2) is 26.4. The van der Waals surface area contributed by atoms with Gasteiger partial charge in [-0.2, -0.15) is 23.5 Å². The Hall–Kier alpha value is -1.52. The average Bonchev–Trinajstić information content (AvgIpc) is 3.09. The van der Waals surface area contributed by atoms with Crippen LogP contribution in [0.4, 0.5) is 0 Å². The van der Waals surface area contributed by atoms with Crippen LogP contribution in [0.25, 0.3) is 21.5 Å². The minimum Gasteiger partial charge on any atom is -0.492 e. The summed E-state index contributed by atoms with van der Waals surface area (Å²) in [6.07, 6.45) is 26.8. The highest BCUT2D eigenvalue weighted by molar-refractivity contribution is 7.99. The van der Waals surface area contributed by atoms with Gasteiger partial charge in [-0.25, -0.2) is 0 Å². The SMILES string of the molecule is CCCCCCCCSCCCCCCOc1c2ccccc2c(OCCCCCCSCCCCCCCC)c2ccccc12. The summed E-state index contributed by atoms with van der Waals surface area (Å²) in [6, 6.07) is 17.3. The molecule has 0 amide bonds. The van der Waals surface area contributed by atoms with Crippen molar-refractivity contribution in [2.75, 3.05) is 36.2 Å².